The molecule has 0 aromatic heterocycles. The van der Waals surface area contributed by atoms with Crippen molar-refractivity contribution in [1.82, 2.24) is 0 Å². The topological polar surface area (TPSA) is 60.8 Å². The van der Waals surface area contributed by atoms with Gasteiger partial charge in [-0.25, -0.2) is 8.78 Å². The molecule has 3 rings (SSSR count). The number of amides is 1. The number of rotatable bonds is 3. The lowest BCUT2D eigenvalue weighted by Crippen LogP contribution is -2.38. The van der Waals surface area contributed by atoms with Crippen LogP contribution in [0.15, 0.2) is 36.9 Å². The Kier molecular flexibility index (Phi) is 6.76. The van der Waals surface area contributed by atoms with Crippen molar-refractivity contribution in [2.24, 2.45) is 5.41 Å². The first-order valence-electron chi connectivity index (χ1n) is 9.37. The van der Waals surface area contributed by atoms with Crippen LogP contribution in [0.25, 0.3) is 0 Å². The predicted molar refractivity (Wildman–Crippen MR) is 102 cm³/mol. The summed E-state index contributed by atoms with van der Waals surface area (Å²) in [7, 11) is 0. The van der Waals surface area contributed by atoms with E-state index in [2.05, 4.69) is 6.58 Å². The molecule has 1 aromatic rings. The van der Waals surface area contributed by atoms with E-state index in [1.807, 2.05) is 6.92 Å². The first-order chi connectivity index (χ1) is 12.6. The highest BCUT2D eigenvalue weighted by molar-refractivity contribution is 5.99. The molecule has 1 heterocycles. The molecule has 4 nitrogen and oxygen atoms in total. The van der Waals surface area contributed by atoms with Gasteiger partial charge in [0.25, 0.3) is 5.92 Å². The van der Waals surface area contributed by atoms with Gasteiger partial charge in [-0.1, -0.05) is 18.2 Å². The van der Waals surface area contributed by atoms with Crippen LogP contribution in [0.5, 0.6) is 0 Å². The molecule has 27 heavy (non-hydrogen) atoms. The Labute approximate surface area is 159 Å². The standard InChI is InChI=1S/C18H23F2NO3.C3H6/c1-17(19,20)15(23)12-2-4-13(5-3-12)21-11-10-18(16(21)24)8-6-14(22)7-9-18;1-3-2/h2-5,14-15,22-23H,6-11H2,1H3;3H,1H2,2H3. The fourth-order valence-corrected chi connectivity index (χ4v) is 3.82. The third-order valence-corrected chi connectivity index (χ3v) is 5.43. The Morgan fingerprint density at radius 1 is 1.26 bits per heavy atom. The molecule has 1 atom stereocenters. The van der Waals surface area contributed by atoms with Gasteiger partial charge in [0.2, 0.25) is 5.91 Å². The third-order valence-electron chi connectivity index (χ3n) is 5.43. The fourth-order valence-electron chi connectivity index (χ4n) is 3.82. The molecule has 1 aromatic carbocycles. The van der Waals surface area contributed by atoms with E-state index < -0.39 is 12.0 Å². The highest BCUT2D eigenvalue weighted by Gasteiger charge is 2.48. The van der Waals surface area contributed by atoms with E-state index in [4.69, 9.17) is 0 Å². The number of aliphatic hydroxyl groups is 2. The van der Waals surface area contributed by atoms with E-state index in [0.29, 0.717) is 44.8 Å². The fraction of sp³-hybridized carbons (Fsp3) is 0.571. The maximum atomic E-state index is 13.2. The van der Waals surface area contributed by atoms with Gasteiger partial charge in [0.1, 0.15) is 6.10 Å². The van der Waals surface area contributed by atoms with Crippen LogP contribution >= 0.6 is 0 Å². The number of aliphatic hydroxyl groups excluding tert-OH is 2. The van der Waals surface area contributed by atoms with Crippen LogP contribution in [0.2, 0.25) is 0 Å². The molecule has 1 amide bonds. The van der Waals surface area contributed by atoms with Crippen LogP contribution in [-0.2, 0) is 4.79 Å². The second-order valence-electron chi connectivity index (χ2n) is 7.58. The zero-order valence-corrected chi connectivity index (χ0v) is 16.0. The third kappa shape index (κ3) is 4.74. The van der Waals surface area contributed by atoms with Gasteiger partial charge in [0, 0.05) is 19.2 Å². The molecule has 6 heteroatoms. The summed E-state index contributed by atoms with van der Waals surface area (Å²) < 4.78 is 26.4. The minimum Gasteiger partial charge on any atom is -0.393 e. The summed E-state index contributed by atoms with van der Waals surface area (Å²) in [4.78, 5) is 14.5. The van der Waals surface area contributed by atoms with Gasteiger partial charge in [0.05, 0.1) is 11.5 Å². The molecule has 1 saturated carbocycles. The smallest absolute Gasteiger partial charge is 0.274 e. The van der Waals surface area contributed by atoms with Crippen molar-refractivity contribution >= 4 is 11.6 Å². The van der Waals surface area contributed by atoms with Crippen LogP contribution in [0, 0.1) is 5.41 Å². The number of benzene rings is 1. The van der Waals surface area contributed by atoms with Gasteiger partial charge in [-0.05, 0) is 56.7 Å². The molecule has 0 radical (unpaired) electrons. The number of nitrogens with zero attached hydrogens (tertiary/aromatic N) is 1. The summed E-state index contributed by atoms with van der Waals surface area (Å²) in [5, 5.41) is 19.3. The minimum absolute atomic E-state index is 0.0588. The van der Waals surface area contributed by atoms with Crippen molar-refractivity contribution in [2.45, 2.75) is 64.1 Å². The van der Waals surface area contributed by atoms with Gasteiger partial charge >= 0.3 is 0 Å². The van der Waals surface area contributed by atoms with Crippen molar-refractivity contribution in [2.75, 3.05) is 11.4 Å². The Morgan fingerprint density at radius 2 is 1.78 bits per heavy atom. The van der Waals surface area contributed by atoms with Crippen LogP contribution < -0.4 is 4.90 Å². The van der Waals surface area contributed by atoms with Crippen molar-refractivity contribution < 1.29 is 23.8 Å². The second kappa shape index (κ2) is 8.48. The largest absolute Gasteiger partial charge is 0.393 e. The molecular weight excluding hydrogens is 352 g/mol. The normalized spacial score (nSPS) is 26.5. The van der Waals surface area contributed by atoms with E-state index in [9.17, 15) is 23.8 Å². The van der Waals surface area contributed by atoms with E-state index >= 15 is 0 Å². The van der Waals surface area contributed by atoms with Crippen LogP contribution in [0.3, 0.4) is 0 Å². The lowest BCUT2D eigenvalue weighted by molar-refractivity contribution is -0.128. The number of anilines is 1. The Morgan fingerprint density at radius 3 is 2.26 bits per heavy atom. The number of carbonyl (C=O) groups excluding carboxylic acids is 1. The lowest BCUT2D eigenvalue weighted by atomic mass is 9.72. The van der Waals surface area contributed by atoms with E-state index in [0.717, 1.165) is 6.42 Å². The summed E-state index contributed by atoms with van der Waals surface area (Å²) >= 11 is 0. The van der Waals surface area contributed by atoms with Crippen LogP contribution in [0.1, 0.15) is 57.6 Å². The molecule has 1 spiro atoms. The Hall–Kier alpha value is -1.79. The molecule has 1 aliphatic heterocycles. The molecule has 2 fully saturated rings. The number of allylic oxidation sites excluding steroid dienone is 1. The molecule has 1 saturated heterocycles. The summed E-state index contributed by atoms with van der Waals surface area (Å²) in [5.41, 5.74) is 0.417. The molecule has 0 bridgehead atoms. The zero-order chi connectivity index (χ0) is 20.2. The minimum atomic E-state index is -3.21. The van der Waals surface area contributed by atoms with Gasteiger partial charge < -0.3 is 15.1 Å². The first-order valence-corrected chi connectivity index (χ1v) is 9.37. The number of hydrogen-bond donors (Lipinski definition) is 2. The van der Waals surface area contributed by atoms with E-state index in [1.165, 1.54) is 12.1 Å². The predicted octanol–water partition coefficient (Wildman–Crippen LogP) is 4.23. The van der Waals surface area contributed by atoms with Gasteiger partial charge in [-0.2, -0.15) is 0 Å². The summed E-state index contributed by atoms with van der Waals surface area (Å²) in [6.45, 7) is 6.53. The lowest BCUT2D eigenvalue weighted by Gasteiger charge is -2.33. The highest BCUT2D eigenvalue weighted by Crippen LogP contribution is 2.46. The van der Waals surface area contributed by atoms with E-state index in [1.54, 1.807) is 23.1 Å². The van der Waals surface area contributed by atoms with Crippen LogP contribution in [-0.4, -0.2) is 34.7 Å². The van der Waals surface area contributed by atoms with Crippen molar-refractivity contribution in [3.05, 3.63) is 42.5 Å². The van der Waals surface area contributed by atoms with Gasteiger partial charge in [0.15, 0.2) is 0 Å². The second-order valence-corrected chi connectivity index (χ2v) is 7.58. The molecule has 1 unspecified atom stereocenters. The van der Waals surface area contributed by atoms with Gasteiger partial charge in [-0.3, -0.25) is 4.79 Å². The average Bonchev–Trinajstić information content (AvgIpc) is 2.94. The highest BCUT2D eigenvalue weighted by atomic mass is 19.3. The first kappa shape index (κ1) is 21.5. The molecular formula is C21H29F2NO3. The van der Waals surface area contributed by atoms with Crippen molar-refractivity contribution in [3.8, 4) is 0 Å². The van der Waals surface area contributed by atoms with Crippen molar-refractivity contribution in [1.29, 1.82) is 0 Å². The number of carbonyl (C=O) groups is 1. The summed E-state index contributed by atoms with van der Waals surface area (Å²) in [6, 6.07) is 6.11. The maximum Gasteiger partial charge on any atom is 0.274 e. The SMILES string of the molecule is C=CC.CC(F)(F)C(O)c1ccc(N2CCC3(CCC(O)CC3)C2=O)cc1. The monoisotopic (exact) mass is 381 g/mol. The Balaban J connectivity index is 0.000000817. The summed E-state index contributed by atoms with van der Waals surface area (Å²) in [5.74, 6) is -3.15. The molecule has 2 aliphatic rings. The zero-order valence-electron chi connectivity index (χ0n) is 16.0. The summed E-state index contributed by atoms with van der Waals surface area (Å²) in [6.07, 6.45) is 3.04. The Bertz CT molecular complexity index is 646. The maximum absolute atomic E-state index is 13.2. The molecule has 2 N–H and O–H groups in total. The van der Waals surface area contributed by atoms with Crippen LogP contribution in [0.4, 0.5) is 14.5 Å². The quantitative estimate of drug-likeness (QED) is 0.771. The number of hydrogen-bond acceptors (Lipinski definition) is 3. The number of halogens is 2. The van der Waals surface area contributed by atoms with E-state index in [-0.39, 0.29) is 23.0 Å². The van der Waals surface area contributed by atoms with Gasteiger partial charge in [-0.15, -0.1) is 6.58 Å². The molecule has 150 valence electrons. The van der Waals surface area contributed by atoms with Crippen molar-refractivity contribution in [3.63, 3.8) is 0 Å². The number of alkyl halides is 2. The molecule has 1 aliphatic carbocycles. The average molecular weight is 381 g/mol.